The zero-order valence-electron chi connectivity index (χ0n) is 9.45. The van der Waals surface area contributed by atoms with Crippen LogP contribution in [0.15, 0.2) is 18.2 Å². The van der Waals surface area contributed by atoms with Gasteiger partial charge in [0, 0.05) is 13.2 Å². The summed E-state index contributed by atoms with van der Waals surface area (Å²) in [5, 5.41) is 11.9. The number of nitrogens with zero attached hydrogens (tertiary/aromatic N) is 1. The Morgan fingerprint density at radius 2 is 2.31 bits per heavy atom. The lowest BCUT2D eigenvalue weighted by Crippen LogP contribution is -2.15. The summed E-state index contributed by atoms with van der Waals surface area (Å²) >= 11 is 0. The number of rotatable bonds is 5. The van der Waals surface area contributed by atoms with Crippen molar-refractivity contribution < 1.29 is 5.11 Å². The number of hydrogen-bond acceptors (Lipinski definition) is 3. The molecule has 2 aromatic rings. The van der Waals surface area contributed by atoms with E-state index in [0.29, 0.717) is 0 Å². The number of aromatic amines is 1. The van der Waals surface area contributed by atoms with Crippen LogP contribution in [0.2, 0.25) is 0 Å². The van der Waals surface area contributed by atoms with Crippen LogP contribution in [0.5, 0.6) is 0 Å². The van der Waals surface area contributed by atoms with Crippen LogP contribution in [-0.2, 0) is 6.54 Å². The van der Waals surface area contributed by atoms with Crippen molar-refractivity contribution in [1.82, 2.24) is 15.3 Å². The number of fused-ring (bicyclic) bond motifs is 1. The van der Waals surface area contributed by atoms with Crippen molar-refractivity contribution in [3.8, 4) is 0 Å². The summed E-state index contributed by atoms with van der Waals surface area (Å²) in [7, 11) is 0. The first-order chi connectivity index (χ1) is 7.79. The highest BCUT2D eigenvalue weighted by atomic mass is 16.3. The normalized spacial score (nSPS) is 11.1. The van der Waals surface area contributed by atoms with Gasteiger partial charge < -0.3 is 15.4 Å². The molecular formula is C12H17N3O. The van der Waals surface area contributed by atoms with Crippen LogP contribution >= 0.6 is 0 Å². The van der Waals surface area contributed by atoms with Crippen molar-refractivity contribution in [2.75, 3.05) is 13.2 Å². The Kier molecular flexibility index (Phi) is 3.54. The minimum absolute atomic E-state index is 0.242. The predicted molar refractivity (Wildman–Crippen MR) is 64.2 cm³/mol. The molecule has 0 saturated carbocycles. The first kappa shape index (κ1) is 11.1. The van der Waals surface area contributed by atoms with E-state index in [1.54, 1.807) is 0 Å². The molecule has 0 spiro atoms. The summed E-state index contributed by atoms with van der Waals surface area (Å²) in [5.74, 6) is 0.945. The molecule has 4 nitrogen and oxygen atoms in total. The van der Waals surface area contributed by atoms with Crippen LogP contribution in [0.3, 0.4) is 0 Å². The Labute approximate surface area is 94.7 Å². The molecule has 0 aliphatic rings. The third-order valence-corrected chi connectivity index (χ3v) is 2.51. The van der Waals surface area contributed by atoms with Crippen molar-refractivity contribution in [3.63, 3.8) is 0 Å². The standard InChI is InChI=1S/C12H17N3O/c1-9-14-11-4-3-10(7-12(11)15-9)8-13-5-2-6-16/h3-4,7,13,16H,2,5-6,8H2,1H3,(H,14,15). The van der Waals surface area contributed by atoms with E-state index in [1.165, 1.54) is 5.56 Å². The fourth-order valence-corrected chi connectivity index (χ4v) is 1.73. The van der Waals surface area contributed by atoms with Gasteiger partial charge in [0.25, 0.3) is 0 Å². The molecule has 1 aromatic heterocycles. The lowest BCUT2D eigenvalue weighted by Gasteiger charge is -2.03. The van der Waals surface area contributed by atoms with Crippen LogP contribution in [-0.4, -0.2) is 28.2 Å². The highest BCUT2D eigenvalue weighted by Crippen LogP contribution is 2.13. The molecule has 0 atom stereocenters. The molecule has 0 aliphatic heterocycles. The molecule has 0 aliphatic carbocycles. The molecule has 0 unspecified atom stereocenters. The van der Waals surface area contributed by atoms with Crippen molar-refractivity contribution in [2.24, 2.45) is 0 Å². The summed E-state index contributed by atoms with van der Waals surface area (Å²) in [6, 6.07) is 6.22. The van der Waals surface area contributed by atoms with Gasteiger partial charge in [0.1, 0.15) is 5.82 Å². The maximum Gasteiger partial charge on any atom is 0.104 e. The molecule has 2 rings (SSSR count). The lowest BCUT2D eigenvalue weighted by molar-refractivity contribution is 0.286. The van der Waals surface area contributed by atoms with Gasteiger partial charge in [-0.2, -0.15) is 0 Å². The monoisotopic (exact) mass is 219 g/mol. The van der Waals surface area contributed by atoms with Crippen LogP contribution in [0.1, 0.15) is 17.8 Å². The zero-order chi connectivity index (χ0) is 11.4. The third-order valence-electron chi connectivity index (χ3n) is 2.51. The quantitative estimate of drug-likeness (QED) is 0.665. The predicted octanol–water partition coefficient (Wildman–Crippen LogP) is 1.34. The SMILES string of the molecule is Cc1nc2ccc(CNCCCO)cc2[nH]1. The molecule has 0 saturated heterocycles. The summed E-state index contributed by atoms with van der Waals surface area (Å²) in [4.78, 5) is 7.58. The minimum Gasteiger partial charge on any atom is -0.396 e. The van der Waals surface area contributed by atoms with Gasteiger partial charge in [-0.1, -0.05) is 6.07 Å². The smallest absolute Gasteiger partial charge is 0.104 e. The Morgan fingerprint density at radius 1 is 1.44 bits per heavy atom. The van der Waals surface area contributed by atoms with Gasteiger partial charge in [-0.25, -0.2) is 4.98 Å². The number of imidazole rings is 1. The Bertz CT molecular complexity index is 464. The molecule has 0 radical (unpaired) electrons. The summed E-state index contributed by atoms with van der Waals surface area (Å²) in [6.07, 6.45) is 0.797. The largest absolute Gasteiger partial charge is 0.396 e. The Morgan fingerprint density at radius 3 is 3.12 bits per heavy atom. The Balaban J connectivity index is 2.02. The number of H-pyrrole nitrogens is 1. The van der Waals surface area contributed by atoms with Gasteiger partial charge in [0.15, 0.2) is 0 Å². The second-order valence-electron chi connectivity index (χ2n) is 3.93. The molecule has 0 amide bonds. The highest BCUT2D eigenvalue weighted by molar-refractivity contribution is 5.75. The minimum atomic E-state index is 0.242. The molecule has 0 fully saturated rings. The topological polar surface area (TPSA) is 60.9 Å². The second-order valence-corrected chi connectivity index (χ2v) is 3.93. The average Bonchev–Trinajstić information content (AvgIpc) is 2.64. The maximum atomic E-state index is 8.65. The van der Waals surface area contributed by atoms with Gasteiger partial charge in [0.2, 0.25) is 0 Å². The lowest BCUT2D eigenvalue weighted by atomic mass is 10.2. The third kappa shape index (κ3) is 2.59. The van der Waals surface area contributed by atoms with Crippen molar-refractivity contribution in [1.29, 1.82) is 0 Å². The molecule has 3 N–H and O–H groups in total. The number of aliphatic hydroxyl groups excluding tert-OH is 1. The van der Waals surface area contributed by atoms with Gasteiger partial charge in [-0.3, -0.25) is 0 Å². The molecular weight excluding hydrogens is 202 g/mol. The molecule has 1 heterocycles. The first-order valence-corrected chi connectivity index (χ1v) is 5.56. The van der Waals surface area contributed by atoms with Crippen LogP contribution < -0.4 is 5.32 Å². The number of aliphatic hydroxyl groups is 1. The van der Waals surface area contributed by atoms with E-state index >= 15 is 0 Å². The number of benzene rings is 1. The number of aryl methyl sites for hydroxylation is 1. The van der Waals surface area contributed by atoms with E-state index in [0.717, 1.165) is 36.4 Å². The number of aromatic nitrogens is 2. The highest BCUT2D eigenvalue weighted by Gasteiger charge is 2.00. The first-order valence-electron chi connectivity index (χ1n) is 5.56. The number of hydrogen-bond donors (Lipinski definition) is 3. The maximum absolute atomic E-state index is 8.65. The van der Waals surface area contributed by atoms with E-state index in [-0.39, 0.29) is 6.61 Å². The van der Waals surface area contributed by atoms with Gasteiger partial charge in [-0.15, -0.1) is 0 Å². The number of nitrogens with one attached hydrogen (secondary N) is 2. The van der Waals surface area contributed by atoms with E-state index in [1.807, 2.05) is 13.0 Å². The molecule has 16 heavy (non-hydrogen) atoms. The van der Waals surface area contributed by atoms with E-state index in [9.17, 15) is 0 Å². The summed E-state index contributed by atoms with van der Waals surface area (Å²) in [5.41, 5.74) is 3.32. The average molecular weight is 219 g/mol. The van der Waals surface area contributed by atoms with Crippen molar-refractivity contribution in [2.45, 2.75) is 19.9 Å². The molecule has 86 valence electrons. The van der Waals surface area contributed by atoms with Gasteiger partial charge in [0.05, 0.1) is 11.0 Å². The fourth-order valence-electron chi connectivity index (χ4n) is 1.73. The van der Waals surface area contributed by atoms with Crippen molar-refractivity contribution in [3.05, 3.63) is 29.6 Å². The van der Waals surface area contributed by atoms with Crippen LogP contribution in [0, 0.1) is 6.92 Å². The van der Waals surface area contributed by atoms with Gasteiger partial charge in [-0.05, 0) is 37.6 Å². The molecule has 0 bridgehead atoms. The van der Waals surface area contributed by atoms with E-state index in [4.69, 9.17) is 5.11 Å². The van der Waals surface area contributed by atoms with E-state index in [2.05, 4.69) is 27.4 Å². The molecule has 1 aromatic carbocycles. The molecule has 4 heteroatoms. The van der Waals surface area contributed by atoms with Crippen molar-refractivity contribution >= 4 is 11.0 Å². The van der Waals surface area contributed by atoms with E-state index < -0.39 is 0 Å². The zero-order valence-corrected chi connectivity index (χ0v) is 9.45. The second kappa shape index (κ2) is 5.09. The van der Waals surface area contributed by atoms with Gasteiger partial charge >= 0.3 is 0 Å². The Hall–Kier alpha value is -1.39. The summed E-state index contributed by atoms with van der Waals surface area (Å²) < 4.78 is 0. The van der Waals surface area contributed by atoms with Crippen LogP contribution in [0.4, 0.5) is 0 Å². The summed E-state index contributed by atoms with van der Waals surface area (Å²) in [6.45, 7) is 3.87. The van der Waals surface area contributed by atoms with Crippen LogP contribution in [0.25, 0.3) is 11.0 Å². The fraction of sp³-hybridized carbons (Fsp3) is 0.417.